The lowest BCUT2D eigenvalue weighted by Gasteiger charge is -2.00. The number of ether oxygens (including phenoxy) is 1. The van der Waals surface area contributed by atoms with E-state index in [1.54, 1.807) is 19.7 Å². The van der Waals surface area contributed by atoms with E-state index in [0.717, 1.165) is 16.8 Å². The van der Waals surface area contributed by atoms with Crippen molar-refractivity contribution in [3.8, 4) is 5.75 Å². The van der Waals surface area contributed by atoms with Crippen LogP contribution in [0.5, 0.6) is 5.75 Å². The first-order valence-electron chi connectivity index (χ1n) is 5.94. The fourth-order valence-corrected chi connectivity index (χ4v) is 1.71. The molecule has 0 radical (unpaired) electrons. The van der Waals surface area contributed by atoms with E-state index in [2.05, 4.69) is 30.5 Å². The van der Waals surface area contributed by atoms with E-state index in [-0.39, 0.29) is 0 Å². The van der Waals surface area contributed by atoms with Gasteiger partial charge in [0.1, 0.15) is 17.6 Å². The summed E-state index contributed by atoms with van der Waals surface area (Å²) in [6.45, 7) is 0. The van der Waals surface area contributed by atoms with Crippen LogP contribution in [-0.4, -0.2) is 33.3 Å². The van der Waals surface area contributed by atoms with Crippen molar-refractivity contribution >= 4 is 23.2 Å². The van der Waals surface area contributed by atoms with Gasteiger partial charge >= 0.3 is 0 Å². The summed E-state index contributed by atoms with van der Waals surface area (Å²) >= 11 is 0. The number of benzene rings is 1. The highest BCUT2D eigenvalue weighted by molar-refractivity contribution is 5.84. The quantitative estimate of drug-likeness (QED) is 0.556. The molecule has 2 heterocycles. The zero-order chi connectivity index (χ0) is 13.8. The van der Waals surface area contributed by atoms with Crippen LogP contribution >= 0.6 is 0 Å². The highest BCUT2D eigenvalue weighted by atomic mass is 16.5. The van der Waals surface area contributed by atoms with Gasteiger partial charge < -0.3 is 9.72 Å². The van der Waals surface area contributed by atoms with Crippen LogP contribution in [0.2, 0.25) is 0 Å². The fraction of sp³-hybridized carbons (Fsp3) is 0.0769. The molecule has 100 valence electrons. The Morgan fingerprint density at radius 1 is 1.20 bits per heavy atom. The molecule has 7 nitrogen and oxygen atoms in total. The smallest absolute Gasteiger partial charge is 0.182 e. The summed E-state index contributed by atoms with van der Waals surface area (Å²) in [5, 5.41) is 4.14. The number of aromatic amines is 1. The molecule has 0 saturated heterocycles. The van der Waals surface area contributed by atoms with Crippen LogP contribution < -0.4 is 10.2 Å². The topological polar surface area (TPSA) is 88.1 Å². The number of hydrogen-bond acceptors (Lipinski definition) is 6. The van der Waals surface area contributed by atoms with Gasteiger partial charge in [0.2, 0.25) is 0 Å². The predicted molar refractivity (Wildman–Crippen MR) is 75.9 cm³/mol. The second-order valence-corrected chi connectivity index (χ2v) is 3.97. The first-order chi connectivity index (χ1) is 9.86. The zero-order valence-corrected chi connectivity index (χ0v) is 10.7. The molecule has 0 fully saturated rings. The Morgan fingerprint density at radius 2 is 2.05 bits per heavy atom. The average Bonchev–Trinajstić information content (AvgIpc) is 2.97. The number of rotatable bonds is 4. The number of hydrogen-bond donors (Lipinski definition) is 2. The summed E-state index contributed by atoms with van der Waals surface area (Å²) in [4.78, 5) is 15.2. The molecule has 2 N–H and O–H groups in total. The minimum absolute atomic E-state index is 0.581. The van der Waals surface area contributed by atoms with Crippen LogP contribution in [0.1, 0.15) is 5.56 Å². The van der Waals surface area contributed by atoms with Crippen molar-refractivity contribution in [2.45, 2.75) is 0 Å². The molecule has 1 aromatic carbocycles. The Labute approximate surface area is 114 Å². The lowest BCUT2D eigenvalue weighted by atomic mass is 10.2. The van der Waals surface area contributed by atoms with Gasteiger partial charge in [-0.15, -0.1) is 0 Å². The Balaban J connectivity index is 1.75. The van der Waals surface area contributed by atoms with E-state index in [1.165, 1.54) is 6.33 Å². The maximum atomic E-state index is 5.09. The molecule has 0 saturated carbocycles. The van der Waals surface area contributed by atoms with Crippen LogP contribution in [0.15, 0.2) is 42.0 Å². The Morgan fingerprint density at radius 3 is 2.85 bits per heavy atom. The fourth-order valence-electron chi connectivity index (χ4n) is 1.71. The van der Waals surface area contributed by atoms with Crippen LogP contribution in [0.4, 0.5) is 5.82 Å². The summed E-state index contributed by atoms with van der Waals surface area (Å²) in [6.07, 6.45) is 4.70. The molecule has 0 bridgehead atoms. The molecule has 0 spiro atoms. The van der Waals surface area contributed by atoms with Gasteiger partial charge in [0, 0.05) is 0 Å². The van der Waals surface area contributed by atoms with Crippen LogP contribution in [0.3, 0.4) is 0 Å². The average molecular weight is 268 g/mol. The molecule has 0 aliphatic carbocycles. The summed E-state index contributed by atoms with van der Waals surface area (Å²) in [7, 11) is 1.63. The van der Waals surface area contributed by atoms with Gasteiger partial charge in [0.05, 0.1) is 19.7 Å². The molecule has 3 rings (SSSR count). The third-order valence-corrected chi connectivity index (χ3v) is 2.72. The Hall–Kier alpha value is -2.96. The number of imidazole rings is 1. The summed E-state index contributed by atoms with van der Waals surface area (Å²) in [5.74, 6) is 1.39. The molecular weight excluding hydrogens is 256 g/mol. The van der Waals surface area contributed by atoms with E-state index in [9.17, 15) is 0 Å². The van der Waals surface area contributed by atoms with Crippen LogP contribution in [0, 0.1) is 0 Å². The third kappa shape index (κ3) is 2.41. The van der Waals surface area contributed by atoms with Crippen molar-refractivity contribution in [3.05, 3.63) is 42.5 Å². The second-order valence-electron chi connectivity index (χ2n) is 3.97. The largest absolute Gasteiger partial charge is 0.497 e. The van der Waals surface area contributed by atoms with Crippen molar-refractivity contribution in [1.29, 1.82) is 0 Å². The van der Waals surface area contributed by atoms with Crippen molar-refractivity contribution in [1.82, 2.24) is 19.9 Å². The molecule has 0 aliphatic rings. The molecule has 2 aromatic heterocycles. The van der Waals surface area contributed by atoms with Crippen molar-refractivity contribution in [3.63, 3.8) is 0 Å². The van der Waals surface area contributed by atoms with Crippen LogP contribution in [0.25, 0.3) is 11.2 Å². The van der Waals surface area contributed by atoms with Crippen molar-refractivity contribution in [2.75, 3.05) is 12.5 Å². The van der Waals surface area contributed by atoms with E-state index in [1.807, 2.05) is 24.3 Å². The molecule has 0 aliphatic heterocycles. The van der Waals surface area contributed by atoms with Gasteiger partial charge in [-0.1, -0.05) is 0 Å². The van der Waals surface area contributed by atoms with Gasteiger partial charge in [-0.3, -0.25) is 5.43 Å². The van der Waals surface area contributed by atoms with E-state index < -0.39 is 0 Å². The van der Waals surface area contributed by atoms with E-state index in [0.29, 0.717) is 11.5 Å². The monoisotopic (exact) mass is 268 g/mol. The zero-order valence-electron chi connectivity index (χ0n) is 10.7. The Bertz CT molecular complexity index is 734. The maximum Gasteiger partial charge on any atom is 0.182 e. The van der Waals surface area contributed by atoms with Gasteiger partial charge in [0.25, 0.3) is 0 Å². The highest BCUT2D eigenvalue weighted by Crippen LogP contribution is 2.14. The summed E-state index contributed by atoms with van der Waals surface area (Å²) < 4.78 is 5.09. The molecular formula is C13H12N6O. The van der Waals surface area contributed by atoms with E-state index in [4.69, 9.17) is 4.74 Å². The molecule has 3 aromatic rings. The lowest BCUT2D eigenvalue weighted by molar-refractivity contribution is 0.415. The van der Waals surface area contributed by atoms with Crippen molar-refractivity contribution < 1.29 is 4.74 Å². The van der Waals surface area contributed by atoms with E-state index >= 15 is 0 Å². The Kier molecular flexibility index (Phi) is 3.24. The normalized spacial score (nSPS) is 11.1. The number of hydrazone groups is 1. The summed E-state index contributed by atoms with van der Waals surface area (Å²) in [6, 6.07) is 7.57. The number of anilines is 1. The SMILES string of the molecule is COc1ccc(/C=N/Nc2ncnc3nc[nH]c23)cc1. The number of H-pyrrole nitrogens is 1. The summed E-state index contributed by atoms with van der Waals surface area (Å²) in [5.41, 5.74) is 5.14. The van der Waals surface area contributed by atoms with Gasteiger partial charge in [-0.2, -0.15) is 5.10 Å². The number of nitrogens with one attached hydrogen (secondary N) is 2. The maximum absolute atomic E-state index is 5.09. The van der Waals surface area contributed by atoms with Gasteiger partial charge in [0.15, 0.2) is 11.5 Å². The first-order valence-corrected chi connectivity index (χ1v) is 5.94. The highest BCUT2D eigenvalue weighted by Gasteiger charge is 2.03. The standard InChI is InChI=1S/C13H12N6O/c1-20-10-4-2-9(3-5-10)6-18-19-13-11-12(15-7-14-11)16-8-17-13/h2-8H,1H3,(H2,14,15,16,17,19)/b18-6+. The van der Waals surface area contributed by atoms with Gasteiger partial charge in [-0.05, 0) is 29.8 Å². The van der Waals surface area contributed by atoms with Crippen LogP contribution in [-0.2, 0) is 0 Å². The second kappa shape index (κ2) is 5.35. The number of methoxy groups -OCH3 is 1. The molecule has 0 unspecified atom stereocenters. The minimum Gasteiger partial charge on any atom is -0.497 e. The number of fused-ring (bicyclic) bond motifs is 1. The van der Waals surface area contributed by atoms with Crippen molar-refractivity contribution in [2.24, 2.45) is 5.10 Å². The number of nitrogens with zero attached hydrogens (tertiary/aromatic N) is 4. The molecule has 7 heteroatoms. The molecule has 20 heavy (non-hydrogen) atoms. The predicted octanol–water partition coefficient (Wildman–Crippen LogP) is 1.81. The lowest BCUT2D eigenvalue weighted by Crippen LogP contribution is -1.95. The molecule has 0 amide bonds. The minimum atomic E-state index is 0.581. The third-order valence-electron chi connectivity index (χ3n) is 2.72. The number of aromatic nitrogens is 4. The van der Waals surface area contributed by atoms with Gasteiger partial charge in [-0.25, -0.2) is 15.0 Å². The first kappa shape index (κ1) is 12.1. The molecule has 0 atom stereocenters.